The molecule has 0 bridgehead atoms. The molecule has 0 saturated carbocycles. The van der Waals surface area contributed by atoms with Crippen molar-refractivity contribution in [3.63, 3.8) is 0 Å². The number of nitrogens with one attached hydrogen (secondary N) is 2. The van der Waals surface area contributed by atoms with Gasteiger partial charge in [-0.25, -0.2) is 4.79 Å². The molecule has 1 fully saturated rings. The fourth-order valence-corrected chi connectivity index (χ4v) is 3.33. The van der Waals surface area contributed by atoms with E-state index in [1.54, 1.807) is 0 Å². The maximum atomic E-state index is 12.4. The van der Waals surface area contributed by atoms with E-state index in [1.807, 2.05) is 31.2 Å². The number of carbonyl (C=O) groups excluding carboxylic acids is 1. The van der Waals surface area contributed by atoms with E-state index in [-0.39, 0.29) is 12.1 Å². The number of morpholine rings is 1. The molecule has 6 nitrogen and oxygen atoms in total. The topological polar surface area (TPSA) is 62.8 Å². The molecule has 1 aliphatic heterocycles. The van der Waals surface area contributed by atoms with Crippen molar-refractivity contribution in [2.75, 3.05) is 38.2 Å². The van der Waals surface area contributed by atoms with Crippen LogP contribution in [0.1, 0.15) is 24.5 Å². The van der Waals surface area contributed by atoms with Gasteiger partial charge in [0, 0.05) is 26.2 Å². The van der Waals surface area contributed by atoms with Crippen LogP contribution >= 0.6 is 0 Å². The van der Waals surface area contributed by atoms with Crippen LogP contribution in [0.25, 0.3) is 0 Å². The van der Waals surface area contributed by atoms with Gasteiger partial charge in [0.1, 0.15) is 5.75 Å². The Kier molecular flexibility index (Phi) is 7.90. The molecule has 6 heteroatoms. The Hall–Kier alpha value is -2.57. The molecular formula is C23H31N3O3. The number of rotatable bonds is 8. The zero-order chi connectivity index (χ0) is 20.5. The van der Waals surface area contributed by atoms with Crippen molar-refractivity contribution in [1.29, 1.82) is 0 Å². The van der Waals surface area contributed by atoms with Crippen LogP contribution in [0.3, 0.4) is 0 Å². The summed E-state index contributed by atoms with van der Waals surface area (Å²) in [6, 6.07) is 15.9. The smallest absolute Gasteiger partial charge is 0.319 e. The van der Waals surface area contributed by atoms with Crippen molar-refractivity contribution in [2.45, 2.75) is 32.9 Å². The number of benzene rings is 2. The monoisotopic (exact) mass is 397 g/mol. The quantitative estimate of drug-likeness (QED) is 0.711. The van der Waals surface area contributed by atoms with Gasteiger partial charge in [0.25, 0.3) is 0 Å². The molecule has 156 valence electrons. The van der Waals surface area contributed by atoms with Gasteiger partial charge in [-0.05, 0) is 36.6 Å². The second kappa shape index (κ2) is 10.8. The molecular weight excluding hydrogens is 366 g/mol. The lowest BCUT2D eigenvalue weighted by Crippen LogP contribution is -2.47. The summed E-state index contributed by atoms with van der Waals surface area (Å²) < 4.78 is 11.6. The number of hydrogen-bond donors (Lipinski definition) is 2. The average Bonchev–Trinajstić information content (AvgIpc) is 2.73. The summed E-state index contributed by atoms with van der Waals surface area (Å²) in [5.74, 6) is 0.699. The summed E-state index contributed by atoms with van der Waals surface area (Å²) in [5, 5.41) is 5.82. The highest BCUT2D eigenvalue weighted by atomic mass is 16.5. The molecule has 0 aliphatic carbocycles. The molecule has 0 spiro atoms. The Bertz CT molecular complexity index is 782. The van der Waals surface area contributed by atoms with E-state index in [4.69, 9.17) is 9.47 Å². The van der Waals surface area contributed by atoms with Crippen molar-refractivity contribution in [3.05, 3.63) is 59.7 Å². The standard InChI is InChI=1S/C23H31N3O3/c1-3-12-29-22-14-18(2)9-10-21(22)25-23(27)24-15-20-17-26(11-13-28-20)16-19-7-5-4-6-8-19/h4-10,14,20H,3,11-13,15-17H2,1-2H3,(H2,24,25,27). The normalized spacial score (nSPS) is 17.0. The average molecular weight is 398 g/mol. The number of carbonyl (C=O) groups is 1. The summed E-state index contributed by atoms with van der Waals surface area (Å²) >= 11 is 0. The Labute approximate surface area is 173 Å². The molecule has 3 rings (SSSR count). The van der Waals surface area contributed by atoms with E-state index >= 15 is 0 Å². The molecule has 1 saturated heterocycles. The number of aryl methyl sites for hydroxylation is 1. The Morgan fingerprint density at radius 2 is 2.07 bits per heavy atom. The lowest BCUT2D eigenvalue weighted by atomic mass is 10.2. The van der Waals surface area contributed by atoms with E-state index in [2.05, 4.69) is 46.7 Å². The van der Waals surface area contributed by atoms with Crippen LogP contribution in [-0.4, -0.2) is 49.9 Å². The van der Waals surface area contributed by atoms with Crippen LogP contribution in [0.2, 0.25) is 0 Å². The second-order valence-corrected chi connectivity index (χ2v) is 7.40. The highest BCUT2D eigenvalue weighted by Crippen LogP contribution is 2.25. The van der Waals surface area contributed by atoms with Crippen LogP contribution in [0.4, 0.5) is 10.5 Å². The number of amides is 2. The first-order valence-electron chi connectivity index (χ1n) is 10.3. The first kappa shape index (κ1) is 21.1. The van der Waals surface area contributed by atoms with Crippen molar-refractivity contribution in [2.24, 2.45) is 0 Å². The maximum Gasteiger partial charge on any atom is 0.319 e. The van der Waals surface area contributed by atoms with Gasteiger partial charge in [0.2, 0.25) is 0 Å². The summed E-state index contributed by atoms with van der Waals surface area (Å²) in [4.78, 5) is 14.8. The number of anilines is 1. The summed E-state index contributed by atoms with van der Waals surface area (Å²) in [5.41, 5.74) is 3.06. The van der Waals surface area contributed by atoms with Crippen LogP contribution < -0.4 is 15.4 Å². The van der Waals surface area contributed by atoms with Crippen molar-refractivity contribution < 1.29 is 14.3 Å². The predicted octanol–water partition coefficient (Wildman–Crippen LogP) is 3.81. The minimum atomic E-state index is -0.251. The number of urea groups is 1. The Morgan fingerprint density at radius 1 is 1.24 bits per heavy atom. The van der Waals surface area contributed by atoms with Gasteiger partial charge in [-0.15, -0.1) is 0 Å². The Morgan fingerprint density at radius 3 is 2.86 bits per heavy atom. The zero-order valence-electron chi connectivity index (χ0n) is 17.3. The molecule has 2 aromatic carbocycles. The van der Waals surface area contributed by atoms with Gasteiger partial charge in [-0.1, -0.05) is 43.3 Å². The molecule has 1 heterocycles. The summed E-state index contributed by atoms with van der Waals surface area (Å²) in [6.07, 6.45) is 0.894. The molecule has 2 aromatic rings. The molecule has 1 atom stereocenters. The molecule has 29 heavy (non-hydrogen) atoms. The first-order valence-corrected chi connectivity index (χ1v) is 10.3. The minimum absolute atomic E-state index is 0.0213. The molecule has 0 aromatic heterocycles. The van der Waals surface area contributed by atoms with E-state index in [1.165, 1.54) is 5.56 Å². The third-order valence-corrected chi connectivity index (χ3v) is 4.81. The number of ether oxygens (including phenoxy) is 2. The lowest BCUT2D eigenvalue weighted by molar-refractivity contribution is -0.0285. The second-order valence-electron chi connectivity index (χ2n) is 7.40. The summed E-state index contributed by atoms with van der Waals surface area (Å²) in [7, 11) is 0. The van der Waals surface area contributed by atoms with Crippen LogP contribution in [0, 0.1) is 6.92 Å². The lowest BCUT2D eigenvalue weighted by Gasteiger charge is -2.33. The first-order chi connectivity index (χ1) is 14.1. The Balaban J connectivity index is 1.48. The molecule has 1 unspecified atom stereocenters. The largest absolute Gasteiger partial charge is 0.491 e. The van der Waals surface area contributed by atoms with E-state index < -0.39 is 0 Å². The van der Waals surface area contributed by atoms with Crippen LogP contribution in [-0.2, 0) is 11.3 Å². The van der Waals surface area contributed by atoms with E-state index in [9.17, 15) is 4.79 Å². The molecule has 0 radical (unpaired) electrons. The third kappa shape index (κ3) is 6.76. The van der Waals surface area contributed by atoms with Gasteiger partial charge in [0.05, 0.1) is 25.0 Å². The molecule has 2 N–H and O–H groups in total. The number of hydrogen-bond acceptors (Lipinski definition) is 4. The highest BCUT2D eigenvalue weighted by molar-refractivity contribution is 5.91. The summed E-state index contributed by atoms with van der Waals surface area (Å²) in [6.45, 7) is 8.41. The third-order valence-electron chi connectivity index (χ3n) is 4.81. The van der Waals surface area contributed by atoms with Gasteiger partial charge < -0.3 is 20.1 Å². The zero-order valence-corrected chi connectivity index (χ0v) is 17.3. The fraction of sp³-hybridized carbons (Fsp3) is 0.435. The molecule has 2 amide bonds. The van der Waals surface area contributed by atoms with E-state index in [0.29, 0.717) is 31.2 Å². The SMILES string of the molecule is CCCOc1cc(C)ccc1NC(=O)NCC1CN(Cc2ccccc2)CCO1. The minimum Gasteiger partial charge on any atom is -0.491 e. The molecule has 1 aliphatic rings. The highest BCUT2D eigenvalue weighted by Gasteiger charge is 2.21. The predicted molar refractivity (Wildman–Crippen MR) is 115 cm³/mol. The fourth-order valence-electron chi connectivity index (χ4n) is 3.33. The van der Waals surface area contributed by atoms with E-state index in [0.717, 1.165) is 31.6 Å². The van der Waals surface area contributed by atoms with Gasteiger partial charge in [-0.3, -0.25) is 4.90 Å². The van der Waals surface area contributed by atoms with Gasteiger partial charge in [-0.2, -0.15) is 0 Å². The van der Waals surface area contributed by atoms with Crippen molar-refractivity contribution >= 4 is 11.7 Å². The van der Waals surface area contributed by atoms with Crippen LogP contribution in [0.5, 0.6) is 5.75 Å². The van der Waals surface area contributed by atoms with Gasteiger partial charge >= 0.3 is 6.03 Å². The maximum absolute atomic E-state index is 12.4. The van der Waals surface area contributed by atoms with Crippen molar-refractivity contribution in [1.82, 2.24) is 10.2 Å². The number of nitrogens with zero attached hydrogens (tertiary/aromatic N) is 1. The van der Waals surface area contributed by atoms with Gasteiger partial charge in [0.15, 0.2) is 0 Å². The van der Waals surface area contributed by atoms with Crippen molar-refractivity contribution in [3.8, 4) is 5.75 Å². The van der Waals surface area contributed by atoms with Crippen LogP contribution in [0.15, 0.2) is 48.5 Å².